The number of sulfonamides is 1. The highest BCUT2D eigenvalue weighted by atomic mass is 32.2. The van der Waals surface area contributed by atoms with Crippen LogP contribution in [-0.2, 0) is 14.8 Å². The summed E-state index contributed by atoms with van der Waals surface area (Å²) in [7, 11) is -0.672. The van der Waals surface area contributed by atoms with E-state index < -0.39 is 15.9 Å². The van der Waals surface area contributed by atoms with Crippen molar-refractivity contribution in [3.05, 3.63) is 23.8 Å². The van der Waals surface area contributed by atoms with Crippen molar-refractivity contribution in [2.24, 2.45) is 0 Å². The number of amides is 1. The number of carbonyl (C=O) groups excluding carboxylic acids is 1. The lowest BCUT2D eigenvalue weighted by atomic mass is 10.2. The minimum absolute atomic E-state index is 0.283. The van der Waals surface area contributed by atoms with E-state index in [-0.39, 0.29) is 6.54 Å². The van der Waals surface area contributed by atoms with Crippen LogP contribution >= 0.6 is 0 Å². The largest absolute Gasteiger partial charge is 0.495 e. The number of benzene rings is 1. The normalized spacial score (nSPS) is 10.9. The van der Waals surface area contributed by atoms with Crippen LogP contribution in [0.2, 0.25) is 0 Å². The molecule has 0 bridgehead atoms. The summed E-state index contributed by atoms with van der Waals surface area (Å²) in [6.45, 7) is 1.55. The summed E-state index contributed by atoms with van der Waals surface area (Å²) in [6.07, 6.45) is 1.05. The second kappa shape index (κ2) is 5.92. The highest BCUT2D eigenvalue weighted by Crippen LogP contribution is 2.30. The number of methoxy groups -OCH3 is 1. The molecule has 0 unspecified atom stereocenters. The predicted molar refractivity (Wildman–Crippen MR) is 74.0 cm³/mol. The molecule has 0 heterocycles. The number of hydrogen-bond donors (Lipinski definition) is 1. The summed E-state index contributed by atoms with van der Waals surface area (Å²) in [4.78, 5) is 11.5. The number of aryl methyl sites for hydroxylation is 1. The fourth-order valence-corrected chi connectivity index (χ4v) is 2.44. The molecule has 0 fully saturated rings. The van der Waals surface area contributed by atoms with E-state index in [9.17, 15) is 13.2 Å². The van der Waals surface area contributed by atoms with Gasteiger partial charge < -0.3 is 10.1 Å². The van der Waals surface area contributed by atoms with Crippen molar-refractivity contribution in [3.63, 3.8) is 0 Å². The lowest BCUT2D eigenvalue weighted by molar-refractivity contribution is -0.119. The maximum absolute atomic E-state index is 11.9. The maximum Gasteiger partial charge on any atom is 0.240 e. The van der Waals surface area contributed by atoms with Gasteiger partial charge in [0.2, 0.25) is 15.9 Å². The summed E-state index contributed by atoms with van der Waals surface area (Å²) >= 11 is 0. The van der Waals surface area contributed by atoms with Crippen molar-refractivity contribution in [1.29, 1.82) is 0 Å². The van der Waals surface area contributed by atoms with Gasteiger partial charge in [-0.25, -0.2) is 8.42 Å². The molecule has 0 saturated carbocycles. The molecule has 1 aromatic carbocycles. The zero-order chi connectivity index (χ0) is 14.6. The molecule has 0 aliphatic rings. The Morgan fingerprint density at radius 1 is 1.42 bits per heavy atom. The Morgan fingerprint density at radius 3 is 2.53 bits per heavy atom. The van der Waals surface area contributed by atoms with E-state index >= 15 is 0 Å². The molecular weight excluding hydrogens is 268 g/mol. The molecule has 0 radical (unpaired) electrons. The van der Waals surface area contributed by atoms with Gasteiger partial charge >= 0.3 is 0 Å². The van der Waals surface area contributed by atoms with E-state index in [1.165, 1.54) is 14.2 Å². The van der Waals surface area contributed by atoms with Crippen molar-refractivity contribution >= 4 is 21.6 Å². The standard InChI is InChI=1S/C12H18N2O4S/c1-9-5-6-11(18-3)10(7-9)14(19(4,16)17)8-12(15)13-2/h5-7H,8H2,1-4H3,(H,13,15). The fraction of sp³-hybridized carbons (Fsp3) is 0.417. The summed E-state index contributed by atoms with van der Waals surface area (Å²) in [5.74, 6) is 0.00825. The van der Waals surface area contributed by atoms with Crippen molar-refractivity contribution in [2.45, 2.75) is 6.92 Å². The van der Waals surface area contributed by atoms with Gasteiger partial charge in [-0.2, -0.15) is 0 Å². The minimum Gasteiger partial charge on any atom is -0.495 e. The molecule has 1 amide bonds. The lowest BCUT2D eigenvalue weighted by Crippen LogP contribution is -2.39. The van der Waals surface area contributed by atoms with E-state index in [0.717, 1.165) is 16.1 Å². The van der Waals surface area contributed by atoms with Crippen LogP contribution < -0.4 is 14.4 Å². The van der Waals surface area contributed by atoms with Crippen LogP contribution in [-0.4, -0.2) is 41.3 Å². The molecule has 6 nitrogen and oxygen atoms in total. The Labute approximate surface area is 113 Å². The van der Waals surface area contributed by atoms with Crippen LogP contribution in [0.4, 0.5) is 5.69 Å². The van der Waals surface area contributed by atoms with Crippen molar-refractivity contribution < 1.29 is 17.9 Å². The number of hydrogen-bond acceptors (Lipinski definition) is 4. The van der Waals surface area contributed by atoms with Gasteiger partial charge in [0.1, 0.15) is 12.3 Å². The van der Waals surface area contributed by atoms with E-state index in [4.69, 9.17) is 4.74 Å². The van der Waals surface area contributed by atoms with E-state index in [1.807, 2.05) is 13.0 Å². The Morgan fingerprint density at radius 2 is 2.05 bits per heavy atom. The maximum atomic E-state index is 11.9. The SMILES string of the molecule is CNC(=O)CN(c1cc(C)ccc1OC)S(C)(=O)=O. The van der Waals surface area contributed by atoms with Crippen LogP contribution in [0.15, 0.2) is 18.2 Å². The first-order valence-corrected chi connectivity index (χ1v) is 7.47. The van der Waals surface area contributed by atoms with Gasteiger partial charge in [0.15, 0.2) is 0 Å². The van der Waals surface area contributed by atoms with E-state index in [1.54, 1.807) is 12.1 Å². The zero-order valence-corrected chi connectivity index (χ0v) is 12.2. The van der Waals surface area contributed by atoms with Crippen LogP contribution in [0.5, 0.6) is 5.75 Å². The van der Waals surface area contributed by atoms with Gasteiger partial charge in [-0.1, -0.05) is 6.07 Å². The van der Waals surface area contributed by atoms with Crippen LogP contribution in [0.25, 0.3) is 0 Å². The first-order valence-electron chi connectivity index (χ1n) is 5.62. The molecule has 0 spiro atoms. The molecule has 0 saturated heterocycles. The summed E-state index contributed by atoms with van der Waals surface area (Å²) < 4.78 is 29.9. The van der Waals surface area contributed by atoms with Crippen LogP contribution in [0.3, 0.4) is 0 Å². The van der Waals surface area contributed by atoms with Crippen LogP contribution in [0, 0.1) is 6.92 Å². The average Bonchev–Trinajstić information content (AvgIpc) is 2.34. The first kappa shape index (κ1) is 15.3. The van der Waals surface area contributed by atoms with E-state index in [0.29, 0.717) is 11.4 Å². The number of nitrogens with zero attached hydrogens (tertiary/aromatic N) is 1. The molecule has 0 aliphatic carbocycles. The zero-order valence-electron chi connectivity index (χ0n) is 11.4. The quantitative estimate of drug-likeness (QED) is 0.856. The molecular formula is C12H18N2O4S. The number of rotatable bonds is 5. The highest BCUT2D eigenvalue weighted by molar-refractivity contribution is 7.92. The Bertz CT molecular complexity index is 569. The summed E-state index contributed by atoms with van der Waals surface area (Å²) in [5, 5.41) is 2.40. The molecule has 19 heavy (non-hydrogen) atoms. The molecule has 0 atom stereocenters. The van der Waals surface area contributed by atoms with Gasteiger partial charge in [0.25, 0.3) is 0 Å². The second-order valence-electron chi connectivity index (χ2n) is 4.12. The van der Waals surface area contributed by atoms with Gasteiger partial charge in [-0.3, -0.25) is 9.10 Å². The summed E-state index contributed by atoms with van der Waals surface area (Å²) in [5.41, 5.74) is 1.23. The Hall–Kier alpha value is -1.76. The number of likely N-dealkylation sites (N-methyl/N-ethyl adjacent to an activating group) is 1. The third-order valence-electron chi connectivity index (χ3n) is 2.57. The van der Waals surface area contributed by atoms with Crippen molar-refractivity contribution in [1.82, 2.24) is 5.32 Å². The fourth-order valence-electron chi connectivity index (χ4n) is 1.59. The van der Waals surface area contributed by atoms with Gasteiger partial charge in [0, 0.05) is 7.05 Å². The summed E-state index contributed by atoms with van der Waals surface area (Å²) in [6, 6.07) is 5.15. The molecule has 1 N–H and O–H groups in total. The smallest absolute Gasteiger partial charge is 0.240 e. The second-order valence-corrected chi connectivity index (χ2v) is 6.02. The monoisotopic (exact) mass is 286 g/mol. The Kier molecular flexibility index (Phi) is 4.77. The first-order chi connectivity index (χ1) is 8.79. The van der Waals surface area contributed by atoms with Gasteiger partial charge in [0.05, 0.1) is 19.1 Å². The Balaban J connectivity index is 3.32. The van der Waals surface area contributed by atoms with Crippen molar-refractivity contribution in [2.75, 3.05) is 31.3 Å². The lowest BCUT2D eigenvalue weighted by Gasteiger charge is -2.23. The topological polar surface area (TPSA) is 75.7 Å². The molecule has 7 heteroatoms. The number of ether oxygens (including phenoxy) is 1. The van der Waals surface area contributed by atoms with Gasteiger partial charge in [-0.05, 0) is 24.6 Å². The number of anilines is 1. The third-order valence-corrected chi connectivity index (χ3v) is 3.70. The predicted octanol–water partition coefficient (Wildman–Crippen LogP) is 0.516. The van der Waals surface area contributed by atoms with Gasteiger partial charge in [-0.15, -0.1) is 0 Å². The molecule has 0 aromatic heterocycles. The molecule has 0 aliphatic heterocycles. The average molecular weight is 286 g/mol. The molecule has 1 rings (SSSR count). The molecule has 1 aromatic rings. The van der Waals surface area contributed by atoms with E-state index in [2.05, 4.69) is 5.32 Å². The van der Waals surface area contributed by atoms with Crippen LogP contribution in [0.1, 0.15) is 5.56 Å². The number of carbonyl (C=O) groups is 1. The number of nitrogens with one attached hydrogen (secondary N) is 1. The molecule has 106 valence electrons. The minimum atomic E-state index is -3.58. The third kappa shape index (κ3) is 3.85. The van der Waals surface area contributed by atoms with Crippen molar-refractivity contribution in [3.8, 4) is 5.75 Å². The highest BCUT2D eigenvalue weighted by Gasteiger charge is 2.23.